The van der Waals surface area contributed by atoms with Gasteiger partial charge in [-0.05, 0) is 42.6 Å². The van der Waals surface area contributed by atoms with E-state index in [0.29, 0.717) is 12.2 Å². The molecular formula is C41H64N2O8Si2. The summed E-state index contributed by atoms with van der Waals surface area (Å²) < 4.78 is 22.4. The summed E-state index contributed by atoms with van der Waals surface area (Å²) in [6.07, 6.45) is 14.2. The highest BCUT2D eigenvalue weighted by Gasteiger charge is 2.28. The minimum Gasteiger partial charge on any atom is -0.465 e. The molecule has 12 heteroatoms. The summed E-state index contributed by atoms with van der Waals surface area (Å²) in [6, 6.07) is 11.6. The molecule has 0 saturated heterocycles. The van der Waals surface area contributed by atoms with E-state index < -0.39 is 40.0 Å². The Morgan fingerprint density at radius 1 is 0.830 bits per heavy atom. The number of hydrogen-bond acceptors (Lipinski definition) is 8. The molecule has 10 nitrogen and oxygen atoms in total. The number of amides is 3. The third-order valence-electron chi connectivity index (χ3n) is 8.22. The van der Waals surface area contributed by atoms with E-state index in [2.05, 4.69) is 51.5 Å². The van der Waals surface area contributed by atoms with Gasteiger partial charge in [0.2, 0.25) is 5.91 Å². The first kappa shape index (κ1) is 47.2. The van der Waals surface area contributed by atoms with Crippen molar-refractivity contribution in [3.8, 4) is 0 Å². The molecule has 0 bridgehead atoms. The van der Waals surface area contributed by atoms with Crippen LogP contribution in [0, 0.1) is 11.8 Å². The third-order valence-corrected chi connectivity index (χ3v) is 11.6. The summed E-state index contributed by atoms with van der Waals surface area (Å²) in [4.78, 5) is 51.4. The Morgan fingerprint density at radius 2 is 1.45 bits per heavy atom. The van der Waals surface area contributed by atoms with Crippen LogP contribution in [0.5, 0.6) is 0 Å². The van der Waals surface area contributed by atoms with Crippen molar-refractivity contribution < 1.29 is 38.1 Å². The molecule has 0 aliphatic carbocycles. The Morgan fingerprint density at radius 3 is 2.04 bits per heavy atom. The number of nitrogens with one attached hydrogen (secondary N) is 1. The molecule has 0 spiro atoms. The quantitative estimate of drug-likeness (QED) is 0.0542. The first-order chi connectivity index (χ1) is 24.9. The highest BCUT2D eigenvalue weighted by atomic mass is 28.3. The first-order valence-electron chi connectivity index (χ1n) is 18.3. The molecule has 0 radical (unpaired) electrons. The second-order valence-corrected chi connectivity index (χ2v) is 26.8. The van der Waals surface area contributed by atoms with Gasteiger partial charge >= 0.3 is 12.1 Å². The van der Waals surface area contributed by atoms with E-state index in [4.69, 9.17) is 18.9 Å². The van der Waals surface area contributed by atoms with Gasteiger partial charge in [0.15, 0.2) is 0 Å². The number of nitrogens with zero attached hydrogens (tertiary/aromatic N) is 1. The van der Waals surface area contributed by atoms with Gasteiger partial charge in [-0.25, -0.2) is 9.69 Å². The van der Waals surface area contributed by atoms with Crippen LogP contribution in [0.1, 0.15) is 32.8 Å². The average Bonchev–Trinajstić information content (AvgIpc) is 3.07. The van der Waals surface area contributed by atoms with Crippen molar-refractivity contribution in [1.82, 2.24) is 10.2 Å². The van der Waals surface area contributed by atoms with Crippen LogP contribution in [0.4, 0.5) is 4.79 Å². The molecule has 0 aromatic heterocycles. The van der Waals surface area contributed by atoms with Crippen LogP contribution in [0.3, 0.4) is 0 Å². The normalized spacial score (nSPS) is 15.1. The highest BCUT2D eigenvalue weighted by Crippen LogP contribution is 2.24. The predicted molar refractivity (Wildman–Crippen MR) is 220 cm³/mol. The molecule has 1 rings (SSSR count). The lowest BCUT2D eigenvalue weighted by Crippen LogP contribution is -2.35. The van der Waals surface area contributed by atoms with Gasteiger partial charge < -0.3 is 24.3 Å². The van der Waals surface area contributed by atoms with Crippen molar-refractivity contribution in [1.29, 1.82) is 0 Å². The molecule has 0 heterocycles. The monoisotopic (exact) mass is 768 g/mol. The number of ether oxygens (including phenoxy) is 4. The molecule has 0 aliphatic rings. The van der Waals surface area contributed by atoms with Gasteiger partial charge in [0.1, 0.15) is 6.54 Å². The SMILES string of the molecule is CO[C@H]([C@H](C)[C@H](/C=C/c1ccccc1)OC)[C@@H](C)/C=C/C(C)=C/C(=O)N(/C=C\C/C=C\C(=O)NCC(=O)OCC[Si](C)(C)C)C(=O)OCC[Si](C)(C)C. The number of benzene rings is 1. The van der Waals surface area contributed by atoms with Crippen molar-refractivity contribution in [3.05, 3.63) is 90.2 Å². The summed E-state index contributed by atoms with van der Waals surface area (Å²) in [5, 5.41) is 2.50. The maximum atomic E-state index is 13.4. The topological polar surface area (TPSA) is 120 Å². The number of hydrogen-bond donors (Lipinski definition) is 1. The lowest BCUT2D eigenvalue weighted by Gasteiger charge is -2.30. The summed E-state index contributed by atoms with van der Waals surface area (Å²) in [5.74, 6) is -1.51. The highest BCUT2D eigenvalue weighted by molar-refractivity contribution is 6.76. The van der Waals surface area contributed by atoms with Gasteiger partial charge in [-0.15, -0.1) is 0 Å². The lowest BCUT2D eigenvalue weighted by molar-refractivity contribution is -0.143. The zero-order chi connectivity index (χ0) is 40.0. The summed E-state index contributed by atoms with van der Waals surface area (Å²) in [6.45, 7) is 19.4. The zero-order valence-electron chi connectivity index (χ0n) is 33.8. The van der Waals surface area contributed by atoms with Crippen LogP contribution in [0.2, 0.25) is 51.4 Å². The van der Waals surface area contributed by atoms with Gasteiger partial charge in [0, 0.05) is 54.5 Å². The van der Waals surface area contributed by atoms with Crippen molar-refractivity contribution >= 4 is 46.1 Å². The minimum atomic E-state index is -1.48. The lowest BCUT2D eigenvalue weighted by atomic mass is 9.88. The number of rotatable bonds is 22. The number of methoxy groups -OCH3 is 2. The Labute approximate surface area is 320 Å². The van der Waals surface area contributed by atoms with Gasteiger partial charge in [-0.1, -0.05) is 120 Å². The van der Waals surface area contributed by atoms with Crippen LogP contribution in [-0.4, -0.2) is 91.1 Å². The molecule has 0 fully saturated rings. The molecule has 1 aromatic rings. The smallest absolute Gasteiger partial charge is 0.420 e. The number of carbonyl (C=O) groups excluding carboxylic acids is 4. The van der Waals surface area contributed by atoms with Gasteiger partial charge in [0.25, 0.3) is 5.91 Å². The number of imide groups is 1. The van der Waals surface area contributed by atoms with Crippen LogP contribution in [-0.2, 0) is 33.3 Å². The average molecular weight is 769 g/mol. The van der Waals surface area contributed by atoms with Crippen molar-refractivity contribution in [2.45, 2.75) is 90.8 Å². The number of esters is 1. The van der Waals surface area contributed by atoms with Crippen molar-refractivity contribution in [2.24, 2.45) is 11.8 Å². The number of carbonyl (C=O) groups is 4. The Balaban J connectivity index is 2.94. The summed E-state index contributed by atoms with van der Waals surface area (Å²) >= 11 is 0. The maximum Gasteiger partial charge on any atom is 0.420 e. The molecule has 294 valence electrons. The van der Waals surface area contributed by atoms with E-state index in [0.717, 1.165) is 22.6 Å². The van der Waals surface area contributed by atoms with Gasteiger partial charge in [-0.2, -0.15) is 0 Å². The van der Waals surface area contributed by atoms with E-state index in [-0.39, 0.29) is 43.6 Å². The van der Waals surface area contributed by atoms with Crippen LogP contribution >= 0.6 is 0 Å². The molecule has 0 unspecified atom stereocenters. The number of allylic oxidation sites excluding steroid dienone is 4. The third kappa shape index (κ3) is 21.4. The van der Waals surface area contributed by atoms with Crippen LogP contribution < -0.4 is 5.32 Å². The van der Waals surface area contributed by atoms with Gasteiger partial charge in [-0.3, -0.25) is 14.4 Å². The summed E-state index contributed by atoms with van der Waals surface area (Å²) in [5.41, 5.74) is 1.72. The fourth-order valence-electron chi connectivity index (χ4n) is 4.96. The molecule has 4 atom stereocenters. The summed E-state index contributed by atoms with van der Waals surface area (Å²) in [7, 11) is 0.565. The van der Waals surface area contributed by atoms with E-state index >= 15 is 0 Å². The zero-order valence-corrected chi connectivity index (χ0v) is 35.8. The van der Waals surface area contributed by atoms with E-state index in [1.807, 2.05) is 61.6 Å². The standard InChI is InChI=1S/C41H64N2O8Si2/c1-32(21-22-33(2)40(49-5)34(3)36(48-4)24-23-35-18-14-12-15-19-35)30-38(45)43(41(47)51-27-29-53(9,10)11)25-17-13-16-20-37(44)42-31-39(46)50-26-28-52(6,7)8/h12,14-25,30,33-34,36,40H,13,26-29,31H2,1-11H3,(H,42,44)/b20-16-,22-21+,24-23+,25-17-,32-30+/t33-,34+,36-,40-/m0/s1. The van der Waals surface area contributed by atoms with Crippen LogP contribution in [0.15, 0.2) is 84.6 Å². The Kier molecular flexibility index (Phi) is 21.8. The minimum absolute atomic E-state index is 0.0170. The van der Waals surface area contributed by atoms with Crippen LogP contribution in [0.25, 0.3) is 6.08 Å². The van der Waals surface area contributed by atoms with E-state index in [1.165, 1.54) is 18.4 Å². The fourth-order valence-corrected chi connectivity index (χ4v) is 6.39. The Hall–Kier alpha value is -3.85. The largest absolute Gasteiger partial charge is 0.465 e. The molecule has 1 aromatic carbocycles. The molecular weight excluding hydrogens is 705 g/mol. The molecule has 0 aliphatic heterocycles. The van der Waals surface area contributed by atoms with E-state index in [9.17, 15) is 19.2 Å². The van der Waals surface area contributed by atoms with Crippen molar-refractivity contribution in [3.63, 3.8) is 0 Å². The first-order valence-corrected chi connectivity index (χ1v) is 25.7. The molecule has 1 N–H and O–H groups in total. The van der Waals surface area contributed by atoms with Crippen molar-refractivity contribution in [2.75, 3.05) is 34.0 Å². The molecule has 3 amide bonds. The van der Waals surface area contributed by atoms with Gasteiger partial charge in [0.05, 0.1) is 25.4 Å². The molecule has 53 heavy (non-hydrogen) atoms. The van der Waals surface area contributed by atoms with E-state index in [1.54, 1.807) is 33.3 Å². The second-order valence-electron chi connectivity index (χ2n) is 15.5. The molecule has 0 saturated carbocycles. The Bertz CT molecular complexity index is 1440. The second kappa shape index (κ2) is 24.5. The fraction of sp³-hybridized carbons (Fsp3) is 0.512. The maximum absolute atomic E-state index is 13.4. The predicted octanol–water partition coefficient (Wildman–Crippen LogP) is 8.27.